The SMILES string of the molecule is CCOC(C)(CC)C(N)CCCC1CCCO1. The van der Waals surface area contributed by atoms with Gasteiger partial charge in [0.2, 0.25) is 0 Å². The van der Waals surface area contributed by atoms with Crippen LogP contribution in [0.4, 0.5) is 0 Å². The fraction of sp³-hybridized carbons (Fsp3) is 1.00. The quantitative estimate of drug-likeness (QED) is 0.713. The average molecular weight is 243 g/mol. The summed E-state index contributed by atoms with van der Waals surface area (Å²) in [5.74, 6) is 0. The van der Waals surface area contributed by atoms with E-state index in [9.17, 15) is 0 Å². The van der Waals surface area contributed by atoms with E-state index < -0.39 is 0 Å². The Kier molecular flexibility index (Phi) is 6.45. The molecule has 1 fully saturated rings. The highest BCUT2D eigenvalue weighted by molar-refractivity contribution is 4.86. The van der Waals surface area contributed by atoms with Crippen LogP contribution in [0.15, 0.2) is 0 Å². The number of nitrogens with two attached hydrogens (primary N) is 1. The first-order valence-electron chi connectivity index (χ1n) is 7.13. The van der Waals surface area contributed by atoms with Gasteiger partial charge in [-0.1, -0.05) is 6.92 Å². The van der Waals surface area contributed by atoms with E-state index in [0.29, 0.717) is 6.10 Å². The lowest BCUT2D eigenvalue weighted by Gasteiger charge is -2.34. The number of ether oxygens (including phenoxy) is 2. The minimum atomic E-state index is -0.161. The third-order valence-corrected chi connectivity index (χ3v) is 4.03. The maximum absolute atomic E-state index is 6.27. The molecule has 1 rings (SSSR count). The van der Waals surface area contributed by atoms with Crippen molar-refractivity contribution >= 4 is 0 Å². The average Bonchev–Trinajstić information content (AvgIpc) is 2.82. The molecule has 0 radical (unpaired) electrons. The zero-order valence-electron chi connectivity index (χ0n) is 11.7. The van der Waals surface area contributed by atoms with Crippen LogP contribution in [0.25, 0.3) is 0 Å². The van der Waals surface area contributed by atoms with Crippen LogP contribution < -0.4 is 5.73 Å². The Bertz CT molecular complexity index is 204. The topological polar surface area (TPSA) is 44.5 Å². The predicted molar refractivity (Wildman–Crippen MR) is 71.1 cm³/mol. The normalized spacial score (nSPS) is 25.8. The van der Waals surface area contributed by atoms with Gasteiger partial charge in [-0.3, -0.25) is 0 Å². The summed E-state index contributed by atoms with van der Waals surface area (Å²) in [5.41, 5.74) is 6.11. The van der Waals surface area contributed by atoms with Crippen molar-refractivity contribution in [1.82, 2.24) is 0 Å². The Morgan fingerprint density at radius 3 is 2.76 bits per heavy atom. The Hall–Kier alpha value is -0.120. The molecule has 0 amide bonds. The van der Waals surface area contributed by atoms with E-state index in [1.807, 2.05) is 6.92 Å². The van der Waals surface area contributed by atoms with Crippen LogP contribution in [0.5, 0.6) is 0 Å². The highest BCUT2D eigenvalue weighted by Gasteiger charge is 2.30. The molecule has 3 unspecified atom stereocenters. The first-order valence-corrected chi connectivity index (χ1v) is 7.13. The van der Waals surface area contributed by atoms with E-state index in [4.69, 9.17) is 15.2 Å². The van der Waals surface area contributed by atoms with Crippen molar-refractivity contribution < 1.29 is 9.47 Å². The molecule has 17 heavy (non-hydrogen) atoms. The van der Waals surface area contributed by atoms with Gasteiger partial charge in [0, 0.05) is 19.3 Å². The molecule has 2 N–H and O–H groups in total. The van der Waals surface area contributed by atoms with Crippen LogP contribution in [-0.4, -0.2) is 31.0 Å². The third-order valence-electron chi connectivity index (χ3n) is 4.03. The van der Waals surface area contributed by atoms with Crippen LogP contribution in [0, 0.1) is 0 Å². The zero-order chi connectivity index (χ0) is 12.7. The van der Waals surface area contributed by atoms with Gasteiger partial charge < -0.3 is 15.2 Å². The second-order valence-electron chi connectivity index (χ2n) is 5.27. The lowest BCUT2D eigenvalue weighted by Crippen LogP contribution is -2.47. The van der Waals surface area contributed by atoms with Crippen molar-refractivity contribution in [3.63, 3.8) is 0 Å². The van der Waals surface area contributed by atoms with Gasteiger partial charge in [0.15, 0.2) is 0 Å². The van der Waals surface area contributed by atoms with E-state index in [2.05, 4.69) is 13.8 Å². The summed E-state index contributed by atoms with van der Waals surface area (Å²) in [5, 5.41) is 0. The molecule has 3 atom stereocenters. The molecule has 102 valence electrons. The van der Waals surface area contributed by atoms with Gasteiger partial charge in [0.05, 0.1) is 11.7 Å². The van der Waals surface area contributed by atoms with Crippen molar-refractivity contribution in [1.29, 1.82) is 0 Å². The van der Waals surface area contributed by atoms with Crippen LogP contribution >= 0.6 is 0 Å². The van der Waals surface area contributed by atoms with Gasteiger partial charge in [-0.05, 0) is 52.4 Å². The summed E-state index contributed by atoms with van der Waals surface area (Å²) < 4.78 is 11.4. The monoisotopic (exact) mass is 243 g/mol. The Morgan fingerprint density at radius 2 is 2.24 bits per heavy atom. The molecule has 0 aromatic heterocycles. The maximum Gasteiger partial charge on any atom is 0.0801 e. The first-order chi connectivity index (χ1) is 8.12. The predicted octanol–water partition coefficient (Wildman–Crippen LogP) is 2.87. The van der Waals surface area contributed by atoms with Gasteiger partial charge >= 0.3 is 0 Å². The lowest BCUT2D eigenvalue weighted by atomic mass is 9.89. The number of rotatable bonds is 8. The van der Waals surface area contributed by atoms with E-state index >= 15 is 0 Å². The molecule has 1 aliphatic heterocycles. The van der Waals surface area contributed by atoms with Gasteiger partial charge in [0.25, 0.3) is 0 Å². The van der Waals surface area contributed by atoms with Gasteiger partial charge in [-0.25, -0.2) is 0 Å². The fourth-order valence-corrected chi connectivity index (χ4v) is 2.54. The van der Waals surface area contributed by atoms with Crippen LogP contribution in [0.1, 0.15) is 59.3 Å². The molecule has 0 saturated carbocycles. The second-order valence-corrected chi connectivity index (χ2v) is 5.27. The van der Waals surface area contributed by atoms with Crippen LogP contribution in [0.3, 0.4) is 0 Å². The molecular formula is C14H29NO2. The zero-order valence-corrected chi connectivity index (χ0v) is 11.7. The standard InChI is InChI=1S/C14H29NO2/c1-4-14(3,17-5-2)13(15)10-6-8-12-9-7-11-16-12/h12-13H,4-11,15H2,1-3H3. The van der Waals surface area contributed by atoms with Gasteiger partial charge in [-0.2, -0.15) is 0 Å². The fourth-order valence-electron chi connectivity index (χ4n) is 2.54. The van der Waals surface area contributed by atoms with Crippen molar-refractivity contribution in [2.24, 2.45) is 5.73 Å². The molecule has 1 aliphatic rings. The minimum Gasteiger partial charge on any atom is -0.378 e. The smallest absolute Gasteiger partial charge is 0.0801 e. The minimum absolute atomic E-state index is 0.133. The Morgan fingerprint density at radius 1 is 1.47 bits per heavy atom. The molecular weight excluding hydrogens is 214 g/mol. The van der Waals surface area contributed by atoms with E-state index in [0.717, 1.165) is 38.9 Å². The van der Waals surface area contributed by atoms with E-state index in [-0.39, 0.29) is 11.6 Å². The number of hydrogen-bond acceptors (Lipinski definition) is 3. The first kappa shape index (κ1) is 14.9. The van der Waals surface area contributed by atoms with Gasteiger partial charge in [0.1, 0.15) is 0 Å². The van der Waals surface area contributed by atoms with E-state index in [1.54, 1.807) is 0 Å². The largest absolute Gasteiger partial charge is 0.378 e. The summed E-state index contributed by atoms with van der Waals surface area (Å²) in [6.45, 7) is 8.00. The van der Waals surface area contributed by atoms with Gasteiger partial charge in [-0.15, -0.1) is 0 Å². The molecule has 0 bridgehead atoms. The molecule has 3 nitrogen and oxygen atoms in total. The summed E-state index contributed by atoms with van der Waals surface area (Å²) in [6.07, 6.45) is 7.25. The molecule has 0 aromatic carbocycles. The molecule has 3 heteroatoms. The lowest BCUT2D eigenvalue weighted by molar-refractivity contribution is -0.0489. The summed E-state index contributed by atoms with van der Waals surface area (Å²) in [4.78, 5) is 0. The van der Waals surface area contributed by atoms with Crippen molar-refractivity contribution in [2.75, 3.05) is 13.2 Å². The molecule has 0 aliphatic carbocycles. The second kappa shape index (κ2) is 7.34. The van der Waals surface area contributed by atoms with Crippen LogP contribution in [0.2, 0.25) is 0 Å². The highest BCUT2D eigenvalue weighted by atomic mass is 16.5. The summed E-state index contributed by atoms with van der Waals surface area (Å²) in [7, 11) is 0. The van der Waals surface area contributed by atoms with Crippen LogP contribution in [-0.2, 0) is 9.47 Å². The molecule has 0 spiro atoms. The molecule has 1 saturated heterocycles. The summed E-state index contributed by atoms with van der Waals surface area (Å²) in [6, 6.07) is 0.133. The number of hydrogen-bond donors (Lipinski definition) is 1. The van der Waals surface area contributed by atoms with Crippen molar-refractivity contribution in [3.05, 3.63) is 0 Å². The van der Waals surface area contributed by atoms with E-state index in [1.165, 1.54) is 12.8 Å². The van der Waals surface area contributed by atoms with Crippen molar-refractivity contribution in [3.8, 4) is 0 Å². The Balaban J connectivity index is 2.24. The molecule has 1 heterocycles. The molecule has 0 aromatic rings. The highest BCUT2D eigenvalue weighted by Crippen LogP contribution is 2.24. The summed E-state index contributed by atoms with van der Waals surface area (Å²) >= 11 is 0. The maximum atomic E-state index is 6.27. The Labute approximate surface area is 106 Å². The van der Waals surface area contributed by atoms with Crippen molar-refractivity contribution in [2.45, 2.75) is 77.0 Å². The third kappa shape index (κ3) is 4.57.